The van der Waals surface area contributed by atoms with E-state index in [9.17, 15) is 13.6 Å². The first-order valence-electron chi connectivity index (χ1n) is 7.15. The maximum absolute atomic E-state index is 12.2. The van der Waals surface area contributed by atoms with Crippen molar-refractivity contribution >= 4 is 12.1 Å². The number of methoxy groups -OCH3 is 1. The first-order chi connectivity index (χ1) is 12.1. The maximum Gasteiger partial charge on any atom is 0.387 e. The average Bonchev–Trinajstić information content (AvgIpc) is 3.11. The molecule has 1 amide bonds. The molecule has 0 unspecified atom stereocenters. The van der Waals surface area contributed by atoms with Crippen molar-refractivity contribution in [2.24, 2.45) is 5.16 Å². The minimum absolute atomic E-state index is 0.0899. The Hall–Kier alpha value is -3.10. The second-order valence-corrected chi connectivity index (χ2v) is 4.65. The molecule has 0 saturated carbocycles. The van der Waals surface area contributed by atoms with E-state index >= 15 is 0 Å². The quantitative estimate of drug-likeness (QED) is 0.553. The van der Waals surface area contributed by atoms with E-state index in [0.717, 1.165) is 0 Å². The maximum atomic E-state index is 12.2. The van der Waals surface area contributed by atoms with Crippen LogP contribution in [0.5, 0.6) is 11.5 Å². The lowest BCUT2D eigenvalue weighted by atomic mass is 10.2. The largest absolute Gasteiger partial charge is 0.493 e. The third-order valence-electron chi connectivity index (χ3n) is 2.92. The minimum atomic E-state index is -2.95. The van der Waals surface area contributed by atoms with E-state index in [1.165, 1.54) is 37.8 Å². The van der Waals surface area contributed by atoms with Crippen LogP contribution in [0, 0.1) is 0 Å². The second-order valence-electron chi connectivity index (χ2n) is 4.65. The van der Waals surface area contributed by atoms with Crippen LogP contribution in [0.25, 0.3) is 0 Å². The van der Waals surface area contributed by atoms with Gasteiger partial charge in [0.1, 0.15) is 5.76 Å². The fourth-order valence-corrected chi connectivity index (χ4v) is 1.80. The van der Waals surface area contributed by atoms with E-state index in [1.54, 1.807) is 12.1 Å². The molecule has 0 fully saturated rings. The predicted octanol–water partition coefficient (Wildman–Crippen LogP) is 2.56. The molecule has 0 bridgehead atoms. The van der Waals surface area contributed by atoms with Crippen LogP contribution < -0.4 is 14.8 Å². The second kappa shape index (κ2) is 9.26. The number of rotatable bonds is 9. The van der Waals surface area contributed by atoms with Crippen molar-refractivity contribution in [1.82, 2.24) is 5.32 Å². The van der Waals surface area contributed by atoms with E-state index in [-0.39, 0.29) is 30.6 Å². The number of furan rings is 1. The summed E-state index contributed by atoms with van der Waals surface area (Å²) in [5.41, 5.74) is 0.523. The topological polar surface area (TPSA) is 82.3 Å². The Kier molecular flexibility index (Phi) is 6.76. The highest BCUT2D eigenvalue weighted by atomic mass is 19.3. The first-order valence-corrected chi connectivity index (χ1v) is 7.15. The molecule has 1 heterocycles. The number of alkyl halides is 2. The summed E-state index contributed by atoms with van der Waals surface area (Å²) >= 11 is 0. The molecule has 0 aliphatic carbocycles. The van der Waals surface area contributed by atoms with Crippen molar-refractivity contribution in [3.8, 4) is 11.5 Å². The molecule has 25 heavy (non-hydrogen) atoms. The highest BCUT2D eigenvalue weighted by Gasteiger charge is 2.10. The molecule has 134 valence electrons. The van der Waals surface area contributed by atoms with Crippen molar-refractivity contribution in [2.75, 3.05) is 13.7 Å². The van der Waals surface area contributed by atoms with Crippen molar-refractivity contribution < 1.29 is 32.3 Å². The summed E-state index contributed by atoms with van der Waals surface area (Å²) in [6, 6.07) is 7.70. The van der Waals surface area contributed by atoms with Crippen LogP contribution in [-0.4, -0.2) is 32.4 Å². The smallest absolute Gasteiger partial charge is 0.387 e. The number of hydrogen-bond donors (Lipinski definition) is 1. The molecule has 0 aliphatic heterocycles. The Morgan fingerprint density at radius 1 is 1.36 bits per heavy atom. The van der Waals surface area contributed by atoms with Crippen LogP contribution in [0.2, 0.25) is 0 Å². The summed E-state index contributed by atoms with van der Waals surface area (Å²) in [4.78, 5) is 16.4. The number of nitrogens with one attached hydrogen (secondary N) is 1. The van der Waals surface area contributed by atoms with Crippen LogP contribution in [-0.2, 0) is 16.2 Å². The van der Waals surface area contributed by atoms with Crippen molar-refractivity contribution in [3.05, 3.63) is 47.9 Å². The molecular formula is C16H16F2N2O5. The molecule has 1 aromatic heterocycles. The van der Waals surface area contributed by atoms with Crippen molar-refractivity contribution in [3.63, 3.8) is 0 Å². The number of amides is 1. The Morgan fingerprint density at radius 3 is 2.88 bits per heavy atom. The molecule has 7 nitrogen and oxygen atoms in total. The Labute approximate surface area is 142 Å². The van der Waals surface area contributed by atoms with Gasteiger partial charge < -0.3 is 24.0 Å². The van der Waals surface area contributed by atoms with Crippen LogP contribution >= 0.6 is 0 Å². The van der Waals surface area contributed by atoms with E-state index in [0.29, 0.717) is 11.3 Å². The van der Waals surface area contributed by atoms with Gasteiger partial charge >= 0.3 is 6.61 Å². The zero-order valence-corrected chi connectivity index (χ0v) is 13.3. The molecule has 0 atom stereocenters. The van der Waals surface area contributed by atoms with Crippen molar-refractivity contribution in [2.45, 2.75) is 13.2 Å². The van der Waals surface area contributed by atoms with Crippen LogP contribution in [0.4, 0.5) is 8.78 Å². The Bertz CT molecular complexity index is 705. The van der Waals surface area contributed by atoms with Gasteiger partial charge in [-0.25, -0.2) is 0 Å². The van der Waals surface area contributed by atoms with E-state index < -0.39 is 6.61 Å². The third-order valence-corrected chi connectivity index (χ3v) is 2.92. The van der Waals surface area contributed by atoms with Gasteiger partial charge in [0.25, 0.3) is 5.91 Å². The predicted molar refractivity (Wildman–Crippen MR) is 83.7 cm³/mol. The molecule has 1 aromatic carbocycles. The standard InChI is InChI=1S/C16H16F2N2O5/c1-22-14-7-11(4-5-13(14)25-16(17)18)8-20-24-10-15(21)19-9-12-3-2-6-23-12/h2-8,16H,9-10H2,1H3,(H,19,21)/b20-8+. The number of oxime groups is 1. The van der Waals surface area contributed by atoms with Gasteiger partial charge in [-0.2, -0.15) is 8.78 Å². The number of hydrogen-bond acceptors (Lipinski definition) is 6. The highest BCUT2D eigenvalue weighted by Crippen LogP contribution is 2.28. The van der Waals surface area contributed by atoms with Crippen LogP contribution in [0.1, 0.15) is 11.3 Å². The lowest BCUT2D eigenvalue weighted by Gasteiger charge is -2.09. The van der Waals surface area contributed by atoms with E-state index in [2.05, 4.69) is 15.2 Å². The van der Waals surface area contributed by atoms with Gasteiger partial charge in [0.15, 0.2) is 18.1 Å². The van der Waals surface area contributed by atoms with Gasteiger partial charge in [-0.05, 0) is 30.3 Å². The molecule has 2 rings (SSSR count). The Morgan fingerprint density at radius 2 is 2.20 bits per heavy atom. The number of benzene rings is 1. The highest BCUT2D eigenvalue weighted by molar-refractivity contribution is 5.81. The zero-order chi connectivity index (χ0) is 18.1. The molecule has 0 saturated heterocycles. The van der Waals surface area contributed by atoms with Gasteiger partial charge in [0.05, 0.1) is 26.1 Å². The van der Waals surface area contributed by atoms with Gasteiger partial charge in [0.2, 0.25) is 0 Å². The summed E-state index contributed by atoms with van der Waals surface area (Å²) in [6.45, 7) is -2.97. The number of ether oxygens (including phenoxy) is 2. The summed E-state index contributed by atoms with van der Waals surface area (Å²) < 4.78 is 38.8. The van der Waals surface area contributed by atoms with Gasteiger partial charge in [-0.3, -0.25) is 4.79 Å². The summed E-state index contributed by atoms with van der Waals surface area (Å²) in [7, 11) is 1.33. The van der Waals surface area contributed by atoms with Gasteiger partial charge in [0, 0.05) is 5.56 Å². The average molecular weight is 354 g/mol. The fraction of sp³-hybridized carbons (Fsp3) is 0.250. The molecule has 0 aliphatic rings. The molecule has 2 aromatic rings. The van der Waals surface area contributed by atoms with Gasteiger partial charge in [-0.15, -0.1) is 0 Å². The summed E-state index contributed by atoms with van der Waals surface area (Å²) in [6.07, 6.45) is 2.82. The van der Waals surface area contributed by atoms with Crippen LogP contribution in [0.3, 0.4) is 0 Å². The van der Waals surface area contributed by atoms with E-state index in [4.69, 9.17) is 14.0 Å². The molecular weight excluding hydrogens is 338 g/mol. The number of carbonyl (C=O) groups is 1. The zero-order valence-electron chi connectivity index (χ0n) is 13.3. The van der Waals surface area contributed by atoms with E-state index in [1.807, 2.05) is 0 Å². The molecule has 0 spiro atoms. The molecule has 9 heteroatoms. The number of nitrogens with zero attached hydrogens (tertiary/aromatic N) is 1. The minimum Gasteiger partial charge on any atom is -0.493 e. The monoisotopic (exact) mass is 354 g/mol. The Balaban J connectivity index is 1.80. The molecule has 1 N–H and O–H groups in total. The SMILES string of the molecule is COc1cc(/C=N/OCC(=O)NCc2ccco2)ccc1OC(F)F. The normalized spacial score (nSPS) is 10.9. The van der Waals surface area contributed by atoms with Crippen molar-refractivity contribution in [1.29, 1.82) is 0 Å². The lowest BCUT2D eigenvalue weighted by Crippen LogP contribution is -2.26. The third kappa shape index (κ3) is 6.13. The molecule has 0 radical (unpaired) electrons. The first kappa shape index (κ1) is 18.2. The van der Waals surface area contributed by atoms with Crippen LogP contribution in [0.15, 0.2) is 46.2 Å². The number of halogens is 2. The fourth-order valence-electron chi connectivity index (χ4n) is 1.80. The summed E-state index contributed by atoms with van der Waals surface area (Å²) in [5.74, 6) is 0.287. The number of carbonyl (C=O) groups excluding carboxylic acids is 1. The summed E-state index contributed by atoms with van der Waals surface area (Å²) in [5, 5.41) is 6.23. The lowest BCUT2D eigenvalue weighted by molar-refractivity contribution is -0.125. The van der Waals surface area contributed by atoms with Gasteiger partial charge in [-0.1, -0.05) is 5.16 Å².